The molecular formula is C16H31NO3S2. The van der Waals surface area contributed by atoms with Gasteiger partial charge < -0.3 is 19.1 Å². The standard InChI is InChI=1S/C16H31NO3S2/c1-7-15(2)17(14-16(3,4)22-21-6)8-9-19-12-13-20-11-10-18-5/h7H,1-2,8-14H2,3-6H3. The zero-order chi connectivity index (χ0) is 16.8. The first-order valence-electron chi connectivity index (χ1n) is 7.39. The molecule has 0 aromatic rings. The molecule has 0 spiro atoms. The Morgan fingerprint density at radius 2 is 1.73 bits per heavy atom. The van der Waals surface area contributed by atoms with Crippen LogP contribution in [0.15, 0.2) is 24.9 Å². The highest BCUT2D eigenvalue weighted by molar-refractivity contribution is 8.76. The van der Waals surface area contributed by atoms with Gasteiger partial charge in [-0.05, 0) is 26.2 Å². The summed E-state index contributed by atoms with van der Waals surface area (Å²) in [6, 6.07) is 0. The van der Waals surface area contributed by atoms with Crippen molar-refractivity contribution in [2.24, 2.45) is 0 Å². The van der Waals surface area contributed by atoms with Crippen molar-refractivity contribution in [2.75, 3.05) is 59.5 Å². The third kappa shape index (κ3) is 11.4. The SMILES string of the molecule is C=CC(=C)N(CCOCCOCCOC)CC(C)(C)SSC. The van der Waals surface area contributed by atoms with Crippen LogP contribution in [0, 0.1) is 0 Å². The molecule has 0 saturated heterocycles. The molecule has 0 unspecified atom stereocenters. The van der Waals surface area contributed by atoms with Crippen molar-refractivity contribution < 1.29 is 14.2 Å². The van der Waals surface area contributed by atoms with Crippen molar-refractivity contribution in [1.82, 2.24) is 4.90 Å². The van der Waals surface area contributed by atoms with E-state index in [1.165, 1.54) is 0 Å². The first-order valence-corrected chi connectivity index (χ1v) is 9.95. The first-order chi connectivity index (χ1) is 10.5. The molecule has 0 aromatic carbocycles. The summed E-state index contributed by atoms with van der Waals surface area (Å²) in [6.45, 7) is 17.2. The topological polar surface area (TPSA) is 30.9 Å². The van der Waals surface area contributed by atoms with Gasteiger partial charge in [0, 0.05) is 30.6 Å². The summed E-state index contributed by atoms with van der Waals surface area (Å²) in [5, 5.41) is 0. The highest BCUT2D eigenvalue weighted by atomic mass is 33.1. The van der Waals surface area contributed by atoms with Gasteiger partial charge in [0.1, 0.15) is 0 Å². The molecule has 0 aromatic heterocycles. The highest BCUT2D eigenvalue weighted by Crippen LogP contribution is 2.34. The summed E-state index contributed by atoms with van der Waals surface area (Å²) < 4.78 is 16.0. The Balaban J connectivity index is 4.01. The van der Waals surface area contributed by atoms with E-state index in [2.05, 4.69) is 38.2 Å². The summed E-state index contributed by atoms with van der Waals surface area (Å²) >= 11 is 0. The van der Waals surface area contributed by atoms with Crippen LogP contribution in [0.3, 0.4) is 0 Å². The lowest BCUT2D eigenvalue weighted by Crippen LogP contribution is -2.37. The van der Waals surface area contributed by atoms with Crippen molar-refractivity contribution in [3.8, 4) is 0 Å². The van der Waals surface area contributed by atoms with Crippen molar-refractivity contribution in [1.29, 1.82) is 0 Å². The molecule has 4 nitrogen and oxygen atoms in total. The van der Waals surface area contributed by atoms with E-state index in [4.69, 9.17) is 14.2 Å². The van der Waals surface area contributed by atoms with Gasteiger partial charge in [0.25, 0.3) is 0 Å². The zero-order valence-corrected chi connectivity index (χ0v) is 16.1. The van der Waals surface area contributed by atoms with E-state index in [0.717, 1.165) is 18.8 Å². The molecule has 0 N–H and O–H groups in total. The van der Waals surface area contributed by atoms with Gasteiger partial charge in [-0.1, -0.05) is 34.7 Å². The molecule has 0 bridgehead atoms. The molecule has 0 aliphatic rings. The van der Waals surface area contributed by atoms with Crippen LogP contribution in [0.4, 0.5) is 0 Å². The molecule has 0 amide bonds. The van der Waals surface area contributed by atoms with Crippen LogP contribution >= 0.6 is 21.6 Å². The number of nitrogens with zero attached hydrogens (tertiary/aromatic N) is 1. The second-order valence-corrected chi connectivity index (χ2v) is 8.45. The van der Waals surface area contributed by atoms with Crippen LogP contribution in [0.25, 0.3) is 0 Å². The minimum Gasteiger partial charge on any atom is -0.382 e. The summed E-state index contributed by atoms with van der Waals surface area (Å²) in [7, 11) is 5.32. The number of methoxy groups -OCH3 is 1. The van der Waals surface area contributed by atoms with Gasteiger partial charge in [-0.3, -0.25) is 0 Å². The molecule has 0 heterocycles. The molecule has 130 valence electrons. The lowest BCUT2D eigenvalue weighted by molar-refractivity contribution is 0.0212. The van der Waals surface area contributed by atoms with Gasteiger partial charge in [-0.25, -0.2) is 0 Å². The maximum atomic E-state index is 5.62. The maximum Gasteiger partial charge on any atom is 0.0701 e. The Hall–Kier alpha value is -0.140. The lowest BCUT2D eigenvalue weighted by Gasteiger charge is -2.33. The predicted molar refractivity (Wildman–Crippen MR) is 99.6 cm³/mol. The van der Waals surface area contributed by atoms with Gasteiger partial charge in [0.2, 0.25) is 0 Å². The molecular weight excluding hydrogens is 318 g/mol. The lowest BCUT2D eigenvalue weighted by atomic mass is 10.2. The van der Waals surface area contributed by atoms with Gasteiger partial charge in [-0.2, -0.15) is 0 Å². The Kier molecular flexibility index (Phi) is 13.2. The first kappa shape index (κ1) is 21.9. The summed E-state index contributed by atoms with van der Waals surface area (Å²) in [6.07, 6.45) is 3.90. The average Bonchev–Trinajstić information content (AvgIpc) is 2.47. The molecule has 22 heavy (non-hydrogen) atoms. The molecule has 0 fully saturated rings. The third-order valence-corrected chi connectivity index (χ3v) is 5.43. The monoisotopic (exact) mass is 349 g/mol. The van der Waals surface area contributed by atoms with Crippen LogP contribution in [-0.4, -0.2) is 69.1 Å². The predicted octanol–water partition coefficient (Wildman–Crippen LogP) is 3.46. The van der Waals surface area contributed by atoms with E-state index in [9.17, 15) is 0 Å². The fraction of sp³-hybridized carbons (Fsp3) is 0.750. The quantitative estimate of drug-likeness (QED) is 0.256. The minimum atomic E-state index is 0.147. The Bertz CT molecular complexity index is 312. The van der Waals surface area contributed by atoms with E-state index in [1.807, 2.05) is 10.8 Å². The van der Waals surface area contributed by atoms with Crippen LogP contribution in [-0.2, 0) is 14.2 Å². The molecule has 0 radical (unpaired) electrons. The average molecular weight is 350 g/mol. The number of hydrogen-bond acceptors (Lipinski definition) is 6. The number of hydrogen-bond donors (Lipinski definition) is 0. The molecule has 0 aliphatic heterocycles. The minimum absolute atomic E-state index is 0.147. The molecule has 0 rings (SSSR count). The zero-order valence-electron chi connectivity index (χ0n) is 14.4. The number of ether oxygens (including phenoxy) is 3. The number of rotatable bonds is 15. The number of allylic oxidation sites excluding steroid dienone is 1. The smallest absolute Gasteiger partial charge is 0.0701 e. The van der Waals surface area contributed by atoms with Gasteiger partial charge >= 0.3 is 0 Å². The Morgan fingerprint density at radius 3 is 2.27 bits per heavy atom. The van der Waals surface area contributed by atoms with Crippen molar-refractivity contribution in [3.05, 3.63) is 24.9 Å². The Labute approximate surface area is 144 Å². The van der Waals surface area contributed by atoms with Crippen LogP contribution < -0.4 is 0 Å². The van der Waals surface area contributed by atoms with Gasteiger partial charge in [0.15, 0.2) is 0 Å². The summed E-state index contributed by atoms with van der Waals surface area (Å²) in [5.74, 6) is 0. The highest BCUT2D eigenvalue weighted by Gasteiger charge is 2.22. The maximum absolute atomic E-state index is 5.62. The molecule has 0 saturated carbocycles. The van der Waals surface area contributed by atoms with Crippen molar-refractivity contribution in [3.63, 3.8) is 0 Å². The van der Waals surface area contributed by atoms with Gasteiger partial charge in [-0.15, -0.1) is 0 Å². The fourth-order valence-electron chi connectivity index (χ4n) is 1.80. The van der Waals surface area contributed by atoms with Crippen LogP contribution in [0.2, 0.25) is 0 Å². The fourth-order valence-corrected chi connectivity index (χ4v) is 3.98. The molecule has 6 heteroatoms. The van der Waals surface area contributed by atoms with E-state index in [0.29, 0.717) is 33.0 Å². The van der Waals surface area contributed by atoms with E-state index < -0.39 is 0 Å². The van der Waals surface area contributed by atoms with Gasteiger partial charge in [0.05, 0.1) is 33.0 Å². The largest absolute Gasteiger partial charge is 0.382 e. The molecule has 0 aliphatic carbocycles. The second kappa shape index (κ2) is 13.3. The molecule has 0 atom stereocenters. The van der Waals surface area contributed by atoms with Crippen molar-refractivity contribution in [2.45, 2.75) is 18.6 Å². The normalized spacial score (nSPS) is 11.5. The van der Waals surface area contributed by atoms with E-state index >= 15 is 0 Å². The summed E-state index contributed by atoms with van der Waals surface area (Å²) in [4.78, 5) is 2.22. The second-order valence-electron chi connectivity index (χ2n) is 5.34. The summed E-state index contributed by atoms with van der Waals surface area (Å²) in [5.41, 5.74) is 0.940. The Morgan fingerprint density at radius 1 is 1.14 bits per heavy atom. The van der Waals surface area contributed by atoms with Crippen molar-refractivity contribution >= 4 is 21.6 Å². The van der Waals surface area contributed by atoms with Crippen LogP contribution in [0.5, 0.6) is 0 Å². The third-order valence-electron chi connectivity index (χ3n) is 2.83. The van der Waals surface area contributed by atoms with E-state index in [1.54, 1.807) is 24.0 Å². The van der Waals surface area contributed by atoms with Crippen LogP contribution in [0.1, 0.15) is 13.8 Å². The van der Waals surface area contributed by atoms with E-state index in [-0.39, 0.29) is 4.75 Å².